The summed E-state index contributed by atoms with van der Waals surface area (Å²) in [6.45, 7) is 5.21. The quantitative estimate of drug-likeness (QED) is 0.904. The van der Waals surface area contributed by atoms with Crippen molar-refractivity contribution in [3.05, 3.63) is 11.9 Å². The summed E-state index contributed by atoms with van der Waals surface area (Å²) in [5, 5.41) is 2.63. The Bertz CT molecular complexity index is 490. The fourth-order valence-corrected chi connectivity index (χ4v) is 2.06. The molecule has 1 aromatic heterocycles. The molecule has 1 aromatic rings. The summed E-state index contributed by atoms with van der Waals surface area (Å²) in [7, 11) is 1.52. The van der Waals surface area contributed by atoms with E-state index in [-0.39, 0.29) is 11.6 Å². The zero-order chi connectivity index (χ0) is 15.0. The number of ether oxygens (including phenoxy) is 1. The van der Waals surface area contributed by atoms with Gasteiger partial charge in [0, 0.05) is 26.2 Å². The van der Waals surface area contributed by atoms with Crippen LogP contribution in [0.1, 0.15) is 19.7 Å². The van der Waals surface area contributed by atoms with E-state index in [4.69, 9.17) is 4.74 Å². The van der Waals surface area contributed by atoms with Crippen molar-refractivity contribution >= 4 is 11.6 Å². The van der Waals surface area contributed by atoms with Crippen LogP contribution in [0, 0.1) is 0 Å². The molecule has 8 heteroatoms. The van der Waals surface area contributed by atoms with Crippen LogP contribution in [0.3, 0.4) is 0 Å². The Hall–Kier alpha value is -1.57. The highest BCUT2D eigenvalue weighted by atomic mass is 19.4. The highest BCUT2D eigenvalue weighted by molar-refractivity contribution is 5.50. The Kier molecular flexibility index (Phi) is 3.77. The van der Waals surface area contributed by atoms with E-state index in [0.717, 1.165) is 0 Å². The number of alkyl halides is 3. The summed E-state index contributed by atoms with van der Waals surface area (Å²) in [5.74, 6) is -0.733. The lowest BCUT2D eigenvalue weighted by Gasteiger charge is -2.38. The van der Waals surface area contributed by atoms with Gasteiger partial charge >= 0.3 is 6.18 Å². The van der Waals surface area contributed by atoms with Crippen LogP contribution in [0.25, 0.3) is 0 Å². The van der Waals surface area contributed by atoms with Gasteiger partial charge in [-0.3, -0.25) is 0 Å². The normalized spacial score (nSPS) is 19.0. The van der Waals surface area contributed by atoms with Gasteiger partial charge in [0.1, 0.15) is 11.6 Å². The highest BCUT2D eigenvalue weighted by Crippen LogP contribution is 2.30. The SMILES string of the molecule is CNc1cc(N2CCOC(C)(C)C2)nc(C(F)(F)F)n1. The molecular formula is C12H17F3N4O. The van der Waals surface area contributed by atoms with Crippen LogP contribution in [0.2, 0.25) is 0 Å². The van der Waals surface area contributed by atoms with E-state index in [1.165, 1.54) is 13.1 Å². The fourth-order valence-electron chi connectivity index (χ4n) is 2.06. The predicted molar refractivity (Wildman–Crippen MR) is 68.8 cm³/mol. The molecule has 1 N–H and O–H groups in total. The maximum atomic E-state index is 12.8. The molecule has 0 unspecified atom stereocenters. The average molecular weight is 290 g/mol. The zero-order valence-electron chi connectivity index (χ0n) is 11.6. The first-order chi connectivity index (χ1) is 9.21. The van der Waals surface area contributed by atoms with Crippen LogP contribution in [0.5, 0.6) is 0 Å². The van der Waals surface area contributed by atoms with E-state index in [0.29, 0.717) is 19.7 Å². The molecule has 112 valence electrons. The van der Waals surface area contributed by atoms with Gasteiger partial charge in [-0.25, -0.2) is 9.97 Å². The molecule has 1 fully saturated rings. The highest BCUT2D eigenvalue weighted by Gasteiger charge is 2.36. The molecule has 20 heavy (non-hydrogen) atoms. The van der Waals surface area contributed by atoms with Crippen LogP contribution in [0.15, 0.2) is 6.07 Å². The second-order valence-electron chi connectivity index (χ2n) is 5.21. The fraction of sp³-hybridized carbons (Fsp3) is 0.667. The van der Waals surface area contributed by atoms with Crippen molar-refractivity contribution in [1.29, 1.82) is 0 Å². The van der Waals surface area contributed by atoms with Gasteiger partial charge in [0.2, 0.25) is 5.82 Å². The van der Waals surface area contributed by atoms with Crippen molar-refractivity contribution < 1.29 is 17.9 Å². The van der Waals surface area contributed by atoms with E-state index in [9.17, 15) is 13.2 Å². The third kappa shape index (κ3) is 3.30. The average Bonchev–Trinajstić information content (AvgIpc) is 2.36. The summed E-state index contributed by atoms with van der Waals surface area (Å²) >= 11 is 0. The van der Waals surface area contributed by atoms with Gasteiger partial charge in [0.05, 0.1) is 12.2 Å². The number of hydrogen-bond acceptors (Lipinski definition) is 5. The second-order valence-corrected chi connectivity index (χ2v) is 5.21. The third-order valence-electron chi connectivity index (χ3n) is 2.97. The van der Waals surface area contributed by atoms with Gasteiger partial charge < -0.3 is 15.0 Å². The third-order valence-corrected chi connectivity index (χ3v) is 2.97. The Morgan fingerprint density at radius 2 is 2.05 bits per heavy atom. The van der Waals surface area contributed by atoms with E-state index in [1.54, 1.807) is 4.90 Å². The molecular weight excluding hydrogens is 273 g/mol. The number of morpholine rings is 1. The molecule has 1 saturated heterocycles. The molecule has 0 atom stereocenters. The first-order valence-corrected chi connectivity index (χ1v) is 6.24. The molecule has 2 heterocycles. The van der Waals surface area contributed by atoms with Crippen molar-refractivity contribution in [3.63, 3.8) is 0 Å². The van der Waals surface area contributed by atoms with E-state index >= 15 is 0 Å². The molecule has 2 rings (SSSR count). The summed E-state index contributed by atoms with van der Waals surface area (Å²) in [4.78, 5) is 8.86. The van der Waals surface area contributed by atoms with Crippen molar-refractivity contribution in [1.82, 2.24) is 9.97 Å². The Morgan fingerprint density at radius 1 is 1.35 bits per heavy atom. The van der Waals surface area contributed by atoms with Crippen molar-refractivity contribution in [2.75, 3.05) is 37.0 Å². The van der Waals surface area contributed by atoms with E-state index < -0.39 is 17.6 Å². The first-order valence-electron chi connectivity index (χ1n) is 6.24. The number of rotatable bonds is 2. The maximum absolute atomic E-state index is 12.8. The molecule has 1 aliphatic rings. The summed E-state index contributed by atoms with van der Waals surface area (Å²) in [6, 6.07) is 1.51. The van der Waals surface area contributed by atoms with E-state index in [1.807, 2.05) is 13.8 Å². The topological polar surface area (TPSA) is 50.3 Å². The summed E-state index contributed by atoms with van der Waals surface area (Å²) in [6.07, 6.45) is -4.57. The lowest BCUT2D eigenvalue weighted by atomic mass is 10.1. The first kappa shape index (κ1) is 14.8. The van der Waals surface area contributed by atoms with Crippen molar-refractivity contribution in [2.24, 2.45) is 0 Å². The minimum absolute atomic E-state index is 0.145. The Morgan fingerprint density at radius 3 is 2.60 bits per heavy atom. The van der Waals surface area contributed by atoms with Crippen LogP contribution >= 0.6 is 0 Å². The molecule has 0 radical (unpaired) electrons. The van der Waals surface area contributed by atoms with Gasteiger partial charge in [0.15, 0.2) is 0 Å². The van der Waals surface area contributed by atoms with Crippen LogP contribution in [-0.2, 0) is 10.9 Å². The number of aromatic nitrogens is 2. The maximum Gasteiger partial charge on any atom is 0.451 e. The van der Waals surface area contributed by atoms with Gasteiger partial charge in [-0.2, -0.15) is 13.2 Å². The molecule has 0 aliphatic carbocycles. The number of hydrogen-bond donors (Lipinski definition) is 1. The molecule has 0 saturated carbocycles. The van der Waals surface area contributed by atoms with Gasteiger partial charge in [-0.1, -0.05) is 0 Å². The molecule has 0 bridgehead atoms. The standard InChI is InChI=1S/C12H17F3N4O/c1-11(2)7-19(4-5-20-11)9-6-8(16-3)17-10(18-9)12(13,14)15/h6H,4-5,7H2,1-3H3,(H,16,17,18). The Balaban J connectivity index is 2.36. The minimum atomic E-state index is -4.57. The van der Waals surface area contributed by atoms with Crippen LogP contribution in [0.4, 0.5) is 24.8 Å². The number of nitrogens with one attached hydrogen (secondary N) is 1. The van der Waals surface area contributed by atoms with Gasteiger partial charge in [-0.05, 0) is 13.8 Å². The number of anilines is 2. The van der Waals surface area contributed by atoms with E-state index in [2.05, 4.69) is 15.3 Å². The van der Waals surface area contributed by atoms with Crippen molar-refractivity contribution in [3.8, 4) is 0 Å². The lowest BCUT2D eigenvalue weighted by Crippen LogP contribution is -2.48. The van der Waals surface area contributed by atoms with Gasteiger partial charge in [-0.15, -0.1) is 0 Å². The smallest absolute Gasteiger partial charge is 0.373 e. The molecule has 0 amide bonds. The molecule has 0 aromatic carbocycles. The van der Waals surface area contributed by atoms with Crippen LogP contribution < -0.4 is 10.2 Å². The summed E-state index contributed by atoms with van der Waals surface area (Å²) < 4.78 is 44.0. The Labute approximate surface area is 115 Å². The zero-order valence-corrected chi connectivity index (χ0v) is 11.6. The lowest BCUT2D eigenvalue weighted by molar-refractivity contribution is -0.144. The molecule has 1 aliphatic heterocycles. The second kappa shape index (κ2) is 5.08. The molecule has 0 spiro atoms. The van der Waals surface area contributed by atoms with Gasteiger partial charge in [0.25, 0.3) is 0 Å². The molecule has 5 nitrogen and oxygen atoms in total. The number of halogens is 3. The largest absolute Gasteiger partial charge is 0.451 e. The van der Waals surface area contributed by atoms with Crippen LogP contribution in [-0.4, -0.2) is 42.3 Å². The number of nitrogens with zero attached hydrogens (tertiary/aromatic N) is 3. The minimum Gasteiger partial charge on any atom is -0.373 e. The predicted octanol–water partition coefficient (Wildman–Crippen LogP) is 2.15. The van der Waals surface area contributed by atoms with Crippen molar-refractivity contribution in [2.45, 2.75) is 25.6 Å². The monoisotopic (exact) mass is 290 g/mol. The summed E-state index contributed by atoms with van der Waals surface area (Å²) in [5.41, 5.74) is -0.415.